The van der Waals surface area contributed by atoms with Crippen LogP contribution in [0.4, 0.5) is 4.39 Å². The topological polar surface area (TPSA) is 38.8 Å². The fourth-order valence-electron chi connectivity index (χ4n) is 5.89. The molecule has 2 heterocycles. The number of methoxy groups -OCH3 is 1. The maximum atomic E-state index is 12.4. The number of carbonyl (C=O) groups excluding carboxylic acids is 1. The summed E-state index contributed by atoms with van der Waals surface area (Å²) in [4.78, 5) is 14.5. The van der Waals surface area contributed by atoms with Gasteiger partial charge in [-0.05, 0) is 90.0 Å². The van der Waals surface area contributed by atoms with Gasteiger partial charge in [0.2, 0.25) is 0 Å². The minimum absolute atomic E-state index is 0.240. The molecule has 0 aromatic heterocycles. The van der Waals surface area contributed by atoms with Crippen LogP contribution >= 0.6 is 0 Å². The summed E-state index contributed by atoms with van der Waals surface area (Å²) in [7, 11) is 1.44. The van der Waals surface area contributed by atoms with Crippen molar-refractivity contribution in [2.75, 3.05) is 46.6 Å². The van der Waals surface area contributed by atoms with E-state index in [1.54, 1.807) is 0 Å². The SMILES string of the molecule is COC(=O)c1ccc2c(c1)CCCC(C1CCOCC1)=C2c1ccc(C=C2CN(CCCF)C2)cc1. The van der Waals surface area contributed by atoms with Crippen LogP contribution < -0.4 is 0 Å². The summed E-state index contributed by atoms with van der Waals surface area (Å²) in [5.41, 5.74) is 9.82. The van der Waals surface area contributed by atoms with Crippen LogP contribution in [0.2, 0.25) is 0 Å². The second-order valence-electron chi connectivity index (χ2n) is 10.2. The Morgan fingerprint density at radius 2 is 1.89 bits per heavy atom. The minimum Gasteiger partial charge on any atom is -0.465 e. The first-order valence-corrected chi connectivity index (χ1v) is 13.3. The molecule has 2 aromatic carbocycles. The number of hydrogen-bond acceptors (Lipinski definition) is 4. The van der Waals surface area contributed by atoms with Gasteiger partial charge in [0.1, 0.15) is 0 Å². The molecule has 0 amide bonds. The Hall–Kier alpha value is -2.76. The number of esters is 1. The molecule has 2 aromatic rings. The van der Waals surface area contributed by atoms with E-state index in [1.807, 2.05) is 12.1 Å². The second-order valence-corrected chi connectivity index (χ2v) is 10.2. The first-order chi connectivity index (χ1) is 17.7. The highest BCUT2D eigenvalue weighted by Crippen LogP contribution is 2.41. The van der Waals surface area contributed by atoms with Crippen LogP contribution in [0.5, 0.6) is 0 Å². The number of nitrogens with zero attached hydrogens (tertiary/aromatic N) is 1. The Balaban J connectivity index is 1.47. The maximum absolute atomic E-state index is 12.4. The van der Waals surface area contributed by atoms with Crippen LogP contribution in [-0.2, 0) is 15.9 Å². The van der Waals surface area contributed by atoms with Crippen LogP contribution in [0.25, 0.3) is 11.6 Å². The summed E-state index contributed by atoms with van der Waals surface area (Å²) in [6, 6.07) is 15.0. The molecule has 0 atom stereocenters. The summed E-state index contributed by atoms with van der Waals surface area (Å²) >= 11 is 0. The Labute approximate surface area is 213 Å². The summed E-state index contributed by atoms with van der Waals surface area (Å²) in [5.74, 6) is 0.251. The van der Waals surface area contributed by atoms with Gasteiger partial charge < -0.3 is 9.47 Å². The van der Waals surface area contributed by atoms with E-state index in [0.717, 1.165) is 65.0 Å². The van der Waals surface area contributed by atoms with Crippen LogP contribution in [0.1, 0.15) is 64.7 Å². The number of halogens is 1. The molecule has 0 spiro atoms. The third-order valence-corrected chi connectivity index (χ3v) is 7.75. The van der Waals surface area contributed by atoms with Crippen LogP contribution in [0.15, 0.2) is 53.6 Å². The molecular formula is C31H36FNO3. The lowest BCUT2D eigenvalue weighted by Gasteiger charge is -2.33. The molecule has 0 N–H and O–H groups in total. The maximum Gasteiger partial charge on any atom is 0.337 e. The van der Waals surface area contributed by atoms with E-state index in [2.05, 4.69) is 41.3 Å². The van der Waals surface area contributed by atoms with Crippen LogP contribution in [-0.4, -0.2) is 57.5 Å². The zero-order valence-corrected chi connectivity index (χ0v) is 21.2. The Morgan fingerprint density at radius 1 is 1.11 bits per heavy atom. The molecule has 5 heteroatoms. The molecule has 5 rings (SSSR count). The molecule has 2 aliphatic heterocycles. The van der Waals surface area contributed by atoms with Gasteiger partial charge in [-0.15, -0.1) is 0 Å². The summed E-state index contributed by atoms with van der Waals surface area (Å²) in [5, 5.41) is 0. The van der Waals surface area contributed by atoms with Crippen LogP contribution in [0.3, 0.4) is 0 Å². The number of fused-ring (bicyclic) bond motifs is 1. The van der Waals surface area contributed by atoms with Gasteiger partial charge in [0.15, 0.2) is 0 Å². The summed E-state index contributed by atoms with van der Waals surface area (Å²) in [6.45, 7) is 4.13. The van der Waals surface area contributed by atoms with Gasteiger partial charge in [0, 0.05) is 32.8 Å². The number of carbonyl (C=O) groups is 1. The molecule has 2 fully saturated rings. The zero-order valence-electron chi connectivity index (χ0n) is 21.2. The molecule has 4 nitrogen and oxygen atoms in total. The summed E-state index contributed by atoms with van der Waals surface area (Å²) in [6.07, 6.45) is 8.14. The van der Waals surface area contributed by atoms with E-state index >= 15 is 0 Å². The van der Waals surface area contributed by atoms with E-state index in [4.69, 9.17) is 9.47 Å². The standard InChI is InChI=1S/C31H36FNO3/c1-35-31(34)27-10-11-29-26(19-27)4-2-5-28(24-12-16-36-17-13-24)30(29)25-8-6-22(7-9-25)18-23-20-33(21-23)15-3-14-32/h6-11,18-19,24H,2-5,12-17,20-21H2,1H3. The molecule has 3 aliphatic rings. The van der Waals surface area contributed by atoms with E-state index in [0.29, 0.717) is 17.9 Å². The highest BCUT2D eigenvalue weighted by atomic mass is 19.1. The number of alkyl halides is 1. The number of likely N-dealkylation sites (tertiary alicyclic amines) is 1. The highest BCUT2D eigenvalue weighted by Gasteiger charge is 2.27. The average molecular weight is 490 g/mol. The Bertz CT molecular complexity index is 1140. The normalized spacial score (nSPS) is 18.9. The number of benzene rings is 2. The highest BCUT2D eigenvalue weighted by molar-refractivity contribution is 5.92. The van der Waals surface area contributed by atoms with Gasteiger partial charge in [-0.25, -0.2) is 4.79 Å². The number of allylic oxidation sites excluding steroid dienone is 1. The monoisotopic (exact) mass is 489 g/mol. The molecule has 0 unspecified atom stereocenters. The summed E-state index contributed by atoms with van der Waals surface area (Å²) < 4.78 is 23.1. The molecule has 0 saturated carbocycles. The van der Waals surface area contributed by atoms with Gasteiger partial charge in [0.05, 0.1) is 19.3 Å². The van der Waals surface area contributed by atoms with Gasteiger partial charge in [-0.1, -0.05) is 42.0 Å². The number of ether oxygens (including phenoxy) is 2. The van der Waals surface area contributed by atoms with Gasteiger partial charge in [0.25, 0.3) is 0 Å². The molecule has 190 valence electrons. The van der Waals surface area contributed by atoms with Crippen molar-refractivity contribution in [1.29, 1.82) is 0 Å². The zero-order chi connectivity index (χ0) is 24.9. The predicted octanol–water partition coefficient (Wildman–Crippen LogP) is 6.10. The van der Waals surface area contributed by atoms with Crippen molar-refractivity contribution >= 4 is 17.6 Å². The molecule has 36 heavy (non-hydrogen) atoms. The van der Waals surface area contributed by atoms with E-state index < -0.39 is 0 Å². The largest absolute Gasteiger partial charge is 0.465 e. The molecular weight excluding hydrogens is 453 g/mol. The van der Waals surface area contributed by atoms with Gasteiger partial charge >= 0.3 is 5.97 Å². The molecule has 1 aliphatic carbocycles. The first-order valence-electron chi connectivity index (χ1n) is 13.3. The fraction of sp³-hybridized carbons (Fsp3) is 0.452. The lowest BCUT2D eigenvalue weighted by atomic mass is 9.81. The van der Waals surface area contributed by atoms with E-state index in [-0.39, 0.29) is 12.6 Å². The smallest absolute Gasteiger partial charge is 0.337 e. The van der Waals surface area contributed by atoms with Gasteiger partial charge in [-0.2, -0.15) is 0 Å². The van der Waals surface area contributed by atoms with E-state index in [1.165, 1.54) is 46.1 Å². The second kappa shape index (κ2) is 11.5. The Morgan fingerprint density at radius 3 is 2.61 bits per heavy atom. The molecule has 0 radical (unpaired) electrons. The van der Waals surface area contributed by atoms with Crippen molar-refractivity contribution in [2.45, 2.75) is 38.5 Å². The third kappa shape index (κ3) is 5.47. The number of rotatable bonds is 7. The lowest BCUT2D eigenvalue weighted by molar-refractivity contribution is 0.0600. The average Bonchev–Trinajstić information content (AvgIpc) is 3.09. The third-order valence-electron chi connectivity index (χ3n) is 7.75. The van der Waals surface area contributed by atoms with Crippen molar-refractivity contribution in [3.05, 3.63) is 81.4 Å². The van der Waals surface area contributed by atoms with E-state index in [9.17, 15) is 9.18 Å². The number of aryl methyl sites for hydroxylation is 1. The fourth-order valence-corrected chi connectivity index (χ4v) is 5.89. The van der Waals surface area contributed by atoms with Crippen molar-refractivity contribution in [3.8, 4) is 0 Å². The number of hydrogen-bond donors (Lipinski definition) is 0. The van der Waals surface area contributed by atoms with Crippen molar-refractivity contribution in [3.63, 3.8) is 0 Å². The van der Waals surface area contributed by atoms with Crippen LogP contribution in [0, 0.1) is 5.92 Å². The van der Waals surface area contributed by atoms with Crippen molar-refractivity contribution in [2.24, 2.45) is 5.92 Å². The first kappa shape index (κ1) is 24.9. The lowest BCUT2D eigenvalue weighted by Crippen LogP contribution is -2.40. The minimum atomic E-state index is -0.283. The molecule has 0 bridgehead atoms. The van der Waals surface area contributed by atoms with Crippen molar-refractivity contribution < 1.29 is 18.7 Å². The quantitative estimate of drug-likeness (QED) is 0.441. The predicted molar refractivity (Wildman–Crippen MR) is 142 cm³/mol. The Kier molecular flexibility index (Phi) is 7.98. The van der Waals surface area contributed by atoms with Crippen molar-refractivity contribution in [1.82, 2.24) is 4.90 Å². The molecule has 2 saturated heterocycles. The van der Waals surface area contributed by atoms with Gasteiger partial charge in [-0.3, -0.25) is 9.29 Å².